The van der Waals surface area contributed by atoms with E-state index in [9.17, 15) is 40.3 Å². The molecule has 0 radical (unpaired) electrons. The Morgan fingerprint density at radius 1 is 0.873 bits per heavy atom. The number of Topliss-reactive ketones (excluding diaryl/α,β-unsaturated/α-hetero) is 1. The van der Waals surface area contributed by atoms with Crippen LogP contribution in [0.4, 0.5) is 11.4 Å². The highest BCUT2D eigenvalue weighted by atomic mass is 32.2. The molecule has 3 aromatic rings. The lowest BCUT2D eigenvalue weighted by atomic mass is 9.81. The van der Waals surface area contributed by atoms with Crippen LogP contribution in [-0.2, 0) is 45.4 Å². The van der Waals surface area contributed by atoms with Gasteiger partial charge >= 0.3 is 5.97 Å². The molecule has 0 aromatic heterocycles. The zero-order chi connectivity index (χ0) is 46.5. The van der Waals surface area contributed by atoms with Gasteiger partial charge in [0.25, 0.3) is 10.1 Å². The molecule has 338 valence electrons. The van der Waals surface area contributed by atoms with Crippen molar-refractivity contribution in [3.05, 3.63) is 118 Å². The molecule has 0 saturated heterocycles. The third kappa shape index (κ3) is 10.9. The Morgan fingerprint density at radius 3 is 2.17 bits per heavy atom. The summed E-state index contributed by atoms with van der Waals surface area (Å²) in [6.45, 7) is 16.1. The van der Waals surface area contributed by atoms with Crippen LogP contribution in [0.25, 0.3) is 0 Å². The predicted octanol–water partition coefficient (Wildman–Crippen LogP) is 7.92. The van der Waals surface area contributed by atoms with Crippen LogP contribution in [0.1, 0.15) is 113 Å². The van der Waals surface area contributed by atoms with Gasteiger partial charge in [0.15, 0.2) is 18.1 Å². The molecular weight excluding hydrogens is 843 g/mol. The minimum absolute atomic E-state index is 0.148. The first-order valence-electron chi connectivity index (χ1n) is 21.3. The number of esters is 1. The van der Waals surface area contributed by atoms with Gasteiger partial charge < -0.3 is 19.5 Å². The lowest BCUT2D eigenvalue weighted by Crippen LogP contribution is -2.42. The van der Waals surface area contributed by atoms with E-state index in [0.29, 0.717) is 49.9 Å². The number of carbonyl (C=O) groups excluding carboxylic acids is 3. The maximum absolute atomic E-state index is 13.2. The number of ketones is 1. The summed E-state index contributed by atoms with van der Waals surface area (Å²) in [5.41, 5.74) is 5.49. The second-order valence-corrected chi connectivity index (χ2v) is 19.9. The van der Waals surface area contributed by atoms with Crippen LogP contribution in [0.5, 0.6) is 0 Å². The number of rotatable bonds is 19. The zero-order valence-corrected chi connectivity index (χ0v) is 39.0. The Bertz CT molecular complexity index is 2600. The van der Waals surface area contributed by atoms with E-state index in [1.54, 1.807) is 38.1 Å². The Balaban J connectivity index is 1.30. The maximum Gasteiger partial charge on any atom is 0.339 e. The molecule has 0 fully saturated rings. The predicted molar refractivity (Wildman–Crippen MR) is 242 cm³/mol. The largest absolute Gasteiger partial charge is 0.744 e. The quantitative estimate of drug-likeness (QED) is 0.0391. The minimum Gasteiger partial charge on any atom is -0.744 e. The van der Waals surface area contributed by atoms with E-state index in [1.807, 2.05) is 78.0 Å². The van der Waals surface area contributed by atoms with E-state index in [4.69, 9.17) is 4.74 Å². The van der Waals surface area contributed by atoms with Crippen molar-refractivity contribution in [1.29, 1.82) is 0 Å². The summed E-state index contributed by atoms with van der Waals surface area (Å²) in [6.07, 6.45) is 12.7. The van der Waals surface area contributed by atoms with Crippen molar-refractivity contribution in [3.63, 3.8) is 0 Å². The molecule has 63 heavy (non-hydrogen) atoms. The first-order valence-corrected chi connectivity index (χ1v) is 24.1. The van der Waals surface area contributed by atoms with Gasteiger partial charge in [-0.2, -0.15) is 13.0 Å². The van der Waals surface area contributed by atoms with Crippen LogP contribution in [0.2, 0.25) is 0 Å². The molecule has 0 spiro atoms. The van der Waals surface area contributed by atoms with Gasteiger partial charge in [0.2, 0.25) is 11.6 Å². The normalized spacial score (nSPS) is 16.8. The summed E-state index contributed by atoms with van der Waals surface area (Å²) in [7, 11) is -9.10. The van der Waals surface area contributed by atoms with Gasteiger partial charge in [0.05, 0.1) is 26.8 Å². The lowest BCUT2D eigenvalue weighted by Gasteiger charge is -2.25. The van der Waals surface area contributed by atoms with Crippen molar-refractivity contribution in [3.8, 4) is 0 Å². The van der Waals surface area contributed by atoms with Gasteiger partial charge in [-0.1, -0.05) is 70.0 Å². The number of benzene rings is 3. The highest BCUT2D eigenvalue weighted by Crippen LogP contribution is 2.48. The number of unbranched alkanes of at least 4 members (excludes halogenated alkanes) is 2. The summed E-state index contributed by atoms with van der Waals surface area (Å²) in [5.74, 6) is -1.25. The molecule has 0 aliphatic carbocycles. The summed E-state index contributed by atoms with van der Waals surface area (Å²) in [5, 5.41) is 2.87. The average molecular weight is 902 g/mol. The van der Waals surface area contributed by atoms with Gasteiger partial charge in [0.1, 0.15) is 16.7 Å². The van der Waals surface area contributed by atoms with E-state index in [1.165, 1.54) is 24.3 Å². The Kier molecular flexibility index (Phi) is 15.2. The van der Waals surface area contributed by atoms with Crippen LogP contribution in [0.3, 0.4) is 0 Å². The number of hydrogen-bond donors (Lipinski definition) is 2. The maximum atomic E-state index is 13.2. The summed E-state index contributed by atoms with van der Waals surface area (Å²) < 4.78 is 77.1. The smallest absolute Gasteiger partial charge is 0.339 e. The average Bonchev–Trinajstić information content (AvgIpc) is 3.56. The molecule has 2 aliphatic heterocycles. The molecule has 2 N–H and O–H groups in total. The van der Waals surface area contributed by atoms with Crippen molar-refractivity contribution in [2.45, 2.75) is 121 Å². The number of nitrogens with zero attached hydrogens (tertiary/aromatic N) is 2. The number of hydrogen-bond acceptors (Lipinski definition) is 10. The van der Waals surface area contributed by atoms with Crippen LogP contribution in [-0.4, -0.2) is 79.6 Å². The monoisotopic (exact) mass is 901 g/mol. The van der Waals surface area contributed by atoms with Gasteiger partial charge in [0, 0.05) is 53.9 Å². The molecule has 0 saturated carbocycles. The first kappa shape index (κ1) is 48.8. The lowest BCUT2D eigenvalue weighted by molar-refractivity contribution is -0.438. The Labute approximate surface area is 372 Å². The van der Waals surface area contributed by atoms with Crippen molar-refractivity contribution in [1.82, 2.24) is 5.32 Å². The van der Waals surface area contributed by atoms with Gasteiger partial charge in [-0.05, 0) is 101 Å². The third-order valence-corrected chi connectivity index (χ3v) is 13.7. The summed E-state index contributed by atoms with van der Waals surface area (Å²) >= 11 is 0. The van der Waals surface area contributed by atoms with E-state index in [0.717, 1.165) is 45.9 Å². The molecule has 0 bridgehead atoms. The number of nitrogens with one attached hydrogen (secondary N) is 1. The number of aryl methyl sites for hydroxylation is 2. The molecule has 15 heteroatoms. The van der Waals surface area contributed by atoms with Crippen LogP contribution in [0, 0.1) is 13.8 Å². The van der Waals surface area contributed by atoms with Crippen LogP contribution >= 0.6 is 0 Å². The molecule has 0 unspecified atom stereocenters. The molecule has 13 nitrogen and oxygen atoms in total. The van der Waals surface area contributed by atoms with E-state index in [-0.39, 0.29) is 27.9 Å². The number of amides is 1. The second kappa shape index (κ2) is 19.7. The number of allylic oxidation sites excluding steroid dienone is 6. The number of carbonyl (C=O) groups is 3. The Morgan fingerprint density at radius 2 is 1.54 bits per heavy atom. The fourth-order valence-electron chi connectivity index (χ4n) is 8.55. The second-order valence-electron chi connectivity index (χ2n) is 17.1. The number of fused-ring (bicyclic) bond motifs is 2. The van der Waals surface area contributed by atoms with Gasteiger partial charge in [-0.3, -0.25) is 14.1 Å². The van der Waals surface area contributed by atoms with Crippen molar-refractivity contribution < 1.29 is 49.6 Å². The molecule has 1 atom stereocenters. The zero-order valence-electron chi connectivity index (χ0n) is 37.4. The highest BCUT2D eigenvalue weighted by Gasteiger charge is 2.45. The van der Waals surface area contributed by atoms with Crippen LogP contribution in [0.15, 0.2) is 100 Å². The molecule has 3 aromatic carbocycles. The van der Waals surface area contributed by atoms with E-state index in [2.05, 4.69) is 14.8 Å². The van der Waals surface area contributed by atoms with Gasteiger partial charge in [-0.15, -0.1) is 0 Å². The van der Waals surface area contributed by atoms with Crippen molar-refractivity contribution in [2.24, 2.45) is 0 Å². The summed E-state index contributed by atoms with van der Waals surface area (Å²) in [4.78, 5) is 40.9. The number of anilines is 1. The fraction of sp³-hybridized carbons (Fsp3) is 0.417. The molecular formula is C48H59N3O10S2. The van der Waals surface area contributed by atoms with Crippen molar-refractivity contribution >= 4 is 55.0 Å². The van der Waals surface area contributed by atoms with E-state index >= 15 is 0 Å². The Hall–Kier alpha value is -5.22. The molecule has 5 rings (SSSR count). The van der Waals surface area contributed by atoms with Gasteiger partial charge in [-0.25, -0.2) is 13.2 Å². The third-order valence-electron chi connectivity index (χ3n) is 12.0. The van der Waals surface area contributed by atoms with E-state index < -0.39 is 49.7 Å². The SMILES string of the molecule is CCCC[C@H](NC(=O)CCCC[N+]1=C(/C=C/C=C/C=C2/N(CC)c3ccc(S(=O)(=O)[O-])cc3C2(C)C)C(C)(C)c2cc(S(=O)(=O)O)ccc21)C(=O)COC(=O)c1c(C)cccc1C. The molecule has 2 aliphatic rings. The van der Waals surface area contributed by atoms with Crippen molar-refractivity contribution in [2.75, 3.05) is 24.6 Å². The minimum atomic E-state index is -4.63. The number of ether oxygens (including phenoxy) is 1. The molecule has 2 heterocycles. The highest BCUT2D eigenvalue weighted by molar-refractivity contribution is 7.86. The number of likely N-dealkylation sites (N-methyl/N-ethyl adjacent to an activating group) is 1. The summed E-state index contributed by atoms with van der Waals surface area (Å²) in [6, 6.07) is 13.6. The standard InChI is InChI=1S/C48H59N3O10S2/c1-9-11-20-38(41(52)31-61-46(54)45-32(3)18-17-19-33(45)4)49-44(53)23-15-16-28-51-40-27-25-35(63(58,59)60)30-37(40)48(7,8)43(51)22-14-12-13-21-42-47(5,6)36-29-34(62(55,56)57)24-26-39(36)50(42)10-2/h12-14,17-19,21-22,24-27,29-30,38H,9-11,15-16,20,23,28,31H2,1-8H3,(H2-,49,53,55,56,57,58,59,60)/t38-/m0/s1. The molecule has 1 amide bonds. The first-order chi connectivity index (χ1) is 29.5. The fourth-order valence-corrected chi connectivity index (χ4v) is 9.56. The topological polar surface area (TPSA) is 190 Å². The van der Waals surface area contributed by atoms with Crippen LogP contribution < -0.4 is 10.2 Å².